The van der Waals surface area contributed by atoms with Gasteiger partial charge in [0.15, 0.2) is 10.8 Å². The van der Waals surface area contributed by atoms with Crippen molar-refractivity contribution in [3.63, 3.8) is 0 Å². The van der Waals surface area contributed by atoms with Crippen molar-refractivity contribution in [2.45, 2.75) is 64.9 Å². The van der Waals surface area contributed by atoms with E-state index in [9.17, 15) is 32.3 Å². The van der Waals surface area contributed by atoms with Crippen LogP contribution in [0.15, 0.2) is 0 Å². The summed E-state index contributed by atoms with van der Waals surface area (Å²) in [6.45, 7) is 7.50. The molecule has 0 aliphatic carbocycles. The monoisotopic (exact) mass is 512 g/mol. The van der Waals surface area contributed by atoms with E-state index in [-0.39, 0.29) is 17.9 Å². The Kier molecular flexibility index (Phi) is 9.66. The van der Waals surface area contributed by atoms with Crippen LogP contribution in [-0.4, -0.2) is 54.0 Å². The van der Waals surface area contributed by atoms with Gasteiger partial charge in [0, 0.05) is 0 Å². The van der Waals surface area contributed by atoms with Crippen molar-refractivity contribution in [3.05, 3.63) is 10.6 Å². The second-order valence-electron chi connectivity index (χ2n) is 8.01. The Bertz CT molecular complexity index is 915. The van der Waals surface area contributed by atoms with E-state index in [2.05, 4.69) is 15.0 Å². The maximum Gasteiger partial charge on any atom is 0.435 e. The lowest BCUT2D eigenvalue weighted by molar-refractivity contribution is -0.148. The predicted molar refractivity (Wildman–Crippen MR) is 114 cm³/mol. The first-order chi connectivity index (χ1) is 15.5. The zero-order valence-electron chi connectivity index (χ0n) is 19.5. The Labute approximate surface area is 197 Å². The smallest absolute Gasteiger partial charge is 0.435 e. The third-order valence-electron chi connectivity index (χ3n) is 3.75. The fourth-order valence-electron chi connectivity index (χ4n) is 2.28. The summed E-state index contributed by atoms with van der Waals surface area (Å²) in [6.07, 6.45) is -6.03. The maximum atomic E-state index is 13.5. The number of unbranched alkanes of at least 4 members (excludes halogenated alkanes) is 1. The van der Waals surface area contributed by atoms with Gasteiger partial charge in [-0.25, -0.2) is 19.4 Å². The van der Waals surface area contributed by atoms with Crippen LogP contribution in [0.1, 0.15) is 62.8 Å². The predicted octanol–water partition coefficient (Wildman–Crippen LogP) is 3.65. The molecule has 1 atom stereocenters. The molecule has 1 unspecified atom stereocenters. The second kappa shape index (κ2) is 11.4. The van der Waals surface area contributed by atoms with Gasteiger partial charge in [0.1, 0.15) is 10.5 Å². The molecule has 34 heavy (non-hydrogen) atoms. The Balaban J connectivity index is 3.20. The number of methoxy groups -OCH3 is 1. The lowest BCUT2D eigenvalue weighted by Crippen LogP contribution is -2.64. The number of amides is 3. The zero-order chi connectivity index (χ0) is 26.3. The molecule has 11 nitrogen and oxygen atoms in total. The van der Waals surface area contributed by atoms with Gasteiger partial charge in [-0.3, -0.25) is 15.4 Å². The fraction of sp³-hybridized carbons (Fsp3) is 0.632. The number of anilines is 1. The zero-order valence-corrected chi connectivity index (χ0v) is 20.3. The lowest BCUT2D eigenvalue weighted by Gasteiger charge is -2.28. The van der Waals surface area contributed by atoms with Crippen molar-refractivity contribution in [3.8, 4) is 0 Å². The minimum atomic E-state index is -5.08. The van der Waals surface area contributed by atoms with E-state index in [0.717, 1.165) is 14.0 Å². The average Bonchev–Trinajstić information content (AvgIpc) is 3.10. The fourth-order valence-corrected chi connectivity index (χ4v) is 3.15. The summed E-state index contributed by atoms with van der Waals surface area (Å²) in [5.41, 5.74) is -4.83. The highest BCUT2D eigenvalue weighted by Crippen LogP contribution is 2.36. The molecule has 0 spiro atoms. The van der Waals surface area contributed by atoms with Crippen molar-refractivity contribution in [1.29, 1.82) is 0 Å². The molecule has 3 N–H and O–H groups in total. The number of thiazole rings is 1. The van der Waals surface area contributed by atoms with E-state index in [1.165, 1.54) is 0 Å². The number of rotatable bonds is 8. The van der Waals surface area contributed by atoms with Gasteiger partial charge in [-0.05, 0) is 34.1 Å². The summed E-state index contributed by atoms with van der Waals surface area (Å²) < 4.78 is 54.9. The summed E-state index contributed by atoms with van der Waals surface area (Å²) in [6, 6.07) is 0. The molecule has 0 saturated carbocycles. The molecular formula is C19H27F3N4O7S. The number of aromatic nitrogens is 1. The standard InChI is InChI=1S/C19H27F3N4O7S/c1-7-8-9-32-16(30)26-18(5,13(28)31-6)25-12(27)10-11(19(20,21)22)23-14(34-10)24-15(29)33-17(2,3)4/h7-9H2,1-6H3,(H,25,27)(H,26,30)(H,23,24,29). The van der Waals surface area contributed by atoms with E-state index >= 15 is 0 Å². The molecule has 0 radical (unpaired) electrons. The molecule has 0 bridgehead atoms. The number of esters is 1. The van der Waals surface area contributed by atoms with E-state index in [0.29, 0.717) is 12.8 Å². The first-order valence-electron chi connectivity index (χ1n) is 9.96. The number of alkyl carbamates (subject to hydrolysis) is 1. The van der Waals surface area contributed by atoms with Gasteiger partial charge in [-0.2, -0.15) is 13.2 Å². The molecule has 1 rings (SSSR count). The summed E-state index contributed by atoms with van der Waals surface area (Å²) in [7, 11) is 0.952. The number of halogens is 3. The number of nitrogens with zero attached hydrogens (tertiary/aromatic N) is 1. The van der Waals surface area contributed by atoms with Crippen molar-refractivity contribution >= 4 is 40.5 Å². The quantitative estimate of drug-likeness (QED) is 0.207. The van der Waals surface area contributed by atoms with Gasteiger partial charge in [0.2, 0.25) is 5.66 Å². The van der Waals surface area contributed by atoms with Gasteiger partial charge in [0.25, 0.3) is 5.91 Å². The topological polar surface area (TPSA) is 145 Å². The van der Waals surface area contributed by atoms with Crippen molar-refractivity contribution < 1.29 is 46.6 Å². The number of nitrogens with one attached hydrogen (secondary N) is 3. The van der Waals surface area contributed by atoms with Crippen molar-refractivity contribution in [2.24, 2.45) is 0 Å². The number of alkyl halides is 3. The van der Waals surface area contributed by atoms with Crippen LogP contribution in [0, 0.1) is 0 Å². The molecule has 192 valence electrons. The van der Waals surface area contributed by atoms with Gasteiger partial charge < -0.3 is 19.5 Å². The maximum absolute atomic E-state index is 13.5. The molecule has 0 aromatic carbocycles. The van der Waals surface area contributed by atoms with E-state index in [1.807, 2.05) is 17.6 Å². The molecule has 3 amide bonds. The first kappa shape index (κ1) is 28.9. The van der Waals surface area contributed by atoms with E-state index in [4.69, 9.17) is 9.47 Å². The van der Waals surface area contributed by atoms with Crippen LogP contribution in [0.5, 0.6) is 0 Å². The molecular weight excluding hydrogens is 485 g/mol. The molecule has 0 fully saturated rings. The van der Waals surface area contributed by atoms with Gasteiger partial charge in [-0.15, -0.1) is 0 Å². The average molecular weight is 513 g/mol. The highest BCUT2D eigenvalue weighted by molar-refractivity contribution is 7.17. The molecule has 0 saturated heterocycles. The Morgan fingerprint density at radius 2 is 1.65 bits per heavy atom. The lowest BCUT2D eigenvalue weighted by atomic mass is 10.2. The number of ether oxygens (including phenoxy) is 3. The molecule has 15 heteroatoms. The highest BCUT2D eigenvalue weighted by atomic mass is 32.1. The van der Waals surface area contributed by atoms with Crippen LogP contribution in [0.25, 0.3) is 0 Å². The van der Waals surface area contributed by atoms with Crippen LogP contribution in [0.2, 0.25) is 0 Å². The number of hydrogen-bond acceptors (Lipinski definition) is 9. The van der Waals surface area contributed by atoms with E-state index < -0.39 is 57.2 Å². The summed E-state index contributed by atoms with van der Waals surface area (Å²) >= 11 is 0.193. The summed E-state index contributed by atoms with van der Waals surface area (Å²) in [4.78, 5) is 51.1. The number of carbonyl (C=O) groups excluding carboxylic acids is 4. The molecule has 0 aliphatic rings. The molecule has 0 aliphatic heterocycles. The Hall–Kier alpha value is -3.10. The minimum absolute atomic E-state index is 0.0142. The second-order valence-corrected chi connectivity index (χ2v) is 9.01. The van der Waals surface area contributed by atoms with Gasteiger partial charge in [-0.1, -0.05) is 24.7 Å². The van der Waals surface area contributed by atoms with E-state index in [1.54, 1.807) is 20.8 Å². The van der Waals surface area contributed by atoms with Crippen LogP contribution >= 0.6 is 11.3 Å². The molecule has 1 aromatic heterocycles. The van der Waals surface area contributed by atoms with Crippen molar-refractivity contribution in [1.82, 2.24) is 15.6 Å². The van der Waals surface area contributed by atoms with Crippen LogP contribution < -0.4 is 16.0 Å². The summed E-state index contributed by atoms with van der Waals surface area (Å²) in [5.74, 6) is -2.60. The third kappa shape index (κ3) is 8.68. The van der Waals surface area contributed by atoms with Crippen LogP contribution in [0.3, 0.4) is 0 Å². The third-order valence-corrected chi connectivity index (χ3v) is 4.72. The largest absolute Gasteiger partial charge is 0.466 e. The summed E-state index contributed by atoms with van der Waals surface area (Å²) in [5, 5.41) is 5.53. The highest BCUT2D eigenvalue weighted by Gasteiger charge is 2.44. The minimum Gasteiger partial charge on any atom is -0.466 e. The Morgan fingerprint density at radius 1 is 1.03 bits per heavy atom. The van der Waals surface area contributed by atoms with Gasteiger partial charge >= 0.3 is 24.3 Å². The van der Waals surface area contributed by atoms with Gasteiger partial charge in [0.05, 0.1) is 13.7 Å². The Morgan fingerprint density at radius 3 is 2.15 bits per heavy atom. The van der Waals surface area contributed by atoms with Crippen LogP contribution in [0.4, 0.5) is 27.9 Å². The molecule has 1 heterocycles. The van der Waals surface area contributed by atoms with Crippen molar-refractivity contribution in [2.75, 3.05) is 19.0 Å². The van der Waals surface area contributed by atoms with Crippen LogP contribution in [-0.2, 0) is 25.2 Å². The first-order valence-corrected chi connectivity index (χ1v) is 10.8. The normalized spacial score (nSPS) is 13.3. The number of hydrogen-bond donors (Lipinski definition) is 3. The number of carbonyl (C=O) groups is 4. The SMILES string of the molecule is CCCCOC(=O)NC(C)(NC(=O)c1sc(NC(=O)OC(C)(C)C)nc1C(F)(F)F)C(=O)OC. The molecule has 1 aromatic rings.